The van der Waals surface area contributed by atoms with E-state index in [0.717, 1.165) is 70.6 Å². The van der Waals surface area contributed by atoms with Gasteiger partial charge in [-0.3, -0.25) is 14.4 Å². The summed E-state index contributed by atoms with van der Waals surface area (Å²) >= 11 is 0. The fraction of sp³-hybridized carbons (Fsp3) is 0.646. The summed E-state index contributed by atoms with van der Waals surface area (Å²) in [6.07, 6.45) is 80.5. The number of carbonyl (C=O) groups is 3. The van der Waals surface area contributed by atoms with Crippen molar-refractivity contribution in [3.8, 4) is 0 Å². The molecule has 0 aromatic heterocycles. The van der Waals surface area contributed by atoms with Gasteiger partial charge in [0.2, 0.25) is 0 Å². The number of allylic oxidation sites excluding steroid dienone is 20. The van der Waals surface area contributed by atoms with Crippen LogP contribution in [0.25, 0.3) is 0 Å². The van der Waals surface area contributed by atoms with Crippen molar-refractivity contribution in [2.45, 2.75) is 258 Å². The fourth-order valence-electron chi connectivity index (χ4n) is 7.53. The molecule has 0 aromatic carbocycles. The van der Waals surface area contributed by atoms with E-state index >= 15 is 0 Å². The monoisotopic (exact) mass is 983 g/mol. The van der Waals surface area contributed by atoms with E-state index in [1.165, 1.54) is 128 Å². The minimum absolute atomic E-state index is 0.121. The van der Waals surface area contributed by atoms with Crippen LogP contribution in [-0.2, 0) is 28.6 Å². The highest BCUT2D eigenvalue weighted by atomic mass is 16.6. The molecule has 0 aliphatic heterocycles. The highest BCUT2D eigenvalue weighted by Gasteiger charge is 2.19. The van der Waals surface area contributed by atoms with Crippen LogP contribution in [0.4, 0.5) is 0 Å². The Labute approximate surface area is 437 Å². The molecule has 71 heavy (non-hydrogen) atoms. The molecule has 0 N–H and O–H groups in total. The number of rotatable bonds is 51. The van der Waals surface area contributed by atoms with Crippen molar-refractivity contribution in [2.75, 3.05) is 13.2 Å². The lowest BCUT2D eigenvalue weighted by Crippen LogP contribution is -2.30. The molecule has 0 bridgehead atoms. The number of unbranched alkanes of at least 4 members (excludes halogenated alkanes) is 21. The van der Waals surface area contributed by atoms with E-state index in [0.29, 0.717) is 19.3 Å². The minimum atomic E-state index is -0.834. The predicted octanol–water partition coefficient (Wildman–Crippen LogP) is 19.6. The second kappa shape index (κ2) is 58.4. The number of carbonyl (C=O) groups excluding carboxylic acids is 3. The summed E-state index contributed by atoms with van der Waals surface area (Å²) in [5.74, 6) is -1.04. The molecule has 0 heterocycles. The molecular formula is C65H106O6. The summed E-state index contributed by atoms with van der Waals surface area (Å²) < 4.78 is 16.8. The van der Waals surface area contributed by atoms with Crippen molar-refractivity contribution >= 4 is 17.9 Å². The summed E-state index contributed by atoms with van der Waals surface area (Å²) in [6.45, 7) is 6.46. The SMILES string of the molecule is CCCCC/C=C\C=C/CCCCCCCCCCCCC(=O)OCC(COC(=O)CCC/C=C\C/C=C\C/C=C\C/C=C\CCCCC)OC(=O)CCC/C=C\C/C=C\C/C=C\C/C=C\CCCCC. The van der Waals surface area contributed by atoms with Crippen molar-refractivity contribution in [1.29, 1.82) is 0 Å². The Morgan fingerprint density at radius 1 is 0.296 bits per heavy atom. The molecule has 0 aliphatic carbocycles. The van der Waals surface area contributed by atoms with Gasteiger partial charge in [-0.1, -0.05) is 232 Å². The van der Waals surface area contributed by atoms with Crippen LogP contribution in [0.15, 0.2) is 122 Å². The Bertz CT molecular complexity index is 1500. The minimum Gasteiger partial charge on any atom is -0.462 e. The first-order valence-electron chi connectivity index (χ1n) is 29.1. The van der Waals surface area contributed by atoms with Crippen molar-refractivity contribution in [1.82, 2.24) is 0 Å². The van der Waals surface area contributed by atoms with Crippen molar-refractivity contribution in [3.05, 3.63) is 122 Å². The second-order valence-corrected chi connectivity index (χ2v) is 18.9. The molecule has 402 valence electrons. The summed E-state index contributed by atoms with van der Waals surface area (Å²) in [4.78, 5) is 38.1. The lowest BCUT2D eigenvalue weighted by atomic mass is 10.1. The Hall–Kier alpha value is -4.19. The van der Waals surface area contributed by atoms with E-state index in [9.17, 15) is 14.4 Å². The molecule has 0 fully saturated rings. The van der Waals surface area contributed by atoms with Gasteiger partial charge in [-0.2, -0.15) is 0 Å². The molecule has 1 atom stereocenters. The van der Waals surface area contributed by atoms with Crippen molar-refractivity contribution in [3.63, 3.8) is 0 Å². The number of esters is 3. The van der Waals surface area contributed by atoms with Gasteiger partial charge in [0, 0.05) is 19.3 Å². The predicted molar refractivity (Wildman–Crippen MR) is 306 cm³/mol. The average molecular weight is 984 g/mol. The van der Waals surface area contributed by atoms with Gasteiger partial charge in [0.25, 0.3) is 0 Å². The zero-order chi connectivity index (χ0) is 51.4. The smallest absolute Gasteiger partial charge is 0.306 e. The van der Waals surface area contributed by atoms with Gasteiger partial charge >= 0.3 is 17.9 Å². The molecule has 0 radical (unpaired) electrons. The van der Waals surface area contributed by atoms with Gasteiger partial charge in [-0.25, -0.2) is 0 Å². The largest absolute Gasteiger partial charge is 0.462 e. The van der Waals surface area contributed by atoms with E-state index in [-0.39, 0.29) is 44.0 Å². The highest BCUT2D eigenvalue weighted by molar-refractivity contribution is 5.71. The van der Waals surface area contributed by atoms with Gasteiger partial charge < -0.3 is 14.2 Å². The van der Waals surface area contributed by atoms with E-state index < -0.39 is 6.10 Å². The van der Waals surface area contributed by atoms with E-state index in [4.69, 9.17) is 14.2 Å². The van der Waals surface area contributed by atoms with Gasteiger partial charge in [-0.15, -0.1) is 0 Å². The maximum Gasteiger partial charge on any atom is 0.306 e. The first-order valence-corrected chi connectivity index (χ1v) is 29.1. The van der Waals surface area contributed by atoms with Gasteiger partial charge in [-0.05, 0) is 122 Å². The van der Waals surface area contributed by atoms with Crippen LogP contribution in [0.1, 0.15) is 252 Å². The molecule has 0 rings (SSSR count). The normalized spacial score (nSPS) is 13.0. The zero-order valence-electron chi connectivity index (χ0n) is 45.9. The van der Waals surface area contributed by atoms with E-state index in [2.05, 4.69) is 142 Å². The topological polar surface area (TPSA) is 78.9 Å². The van der Waals surface area contributed by atoms with Crippen LogP contribution in [0.3, 0.4) is 0 Å². The van der Waals surface area contributed by atoms with Crippen molar-refractivity contribution < 1.29 is 28.6 Å². The molecule has 6 heteroatoms. The third kappa shape index (κ3) is 56.6. The Kier molecular flexibility index (Phi) is 54.9. The fourth-order valence-corrected chi connectivity index (χ4v) is 7.53. The quantitative estimate of drug-likeness (QED) is 0.0199. The van der Waals surface area contributed by atoms with Crippen LogP contribution >= 0.6 is 0 Å². The van der Waals surface area contributed by atoms with Crippen LogP contribution in [0.5, 0.6) is 0 Å². The summed E-state index contributed by atoms with van der Waals surface area (Å²) in [6, 6.07) is 0. The first-order chi connectivity index (χ1) is 35.0. The van der Waals surface area contributed by atoms with Gasteiger partial charge in [0.1, 0.15) is 13.2 Å². The van der Waals surface area contributed by atoms with Gasteiger partial charge in [0.05, 0.1) is 0 Å². The molecule has 0 spiro atoms. The molecule has 0 aliphatic rings. The standard InChI is InChI=1S/C65H106O6/c1-4-7-10-13-16-19-22-25-28-31-32-35-37-40-43-46-49-52-55-58-64(67)70-61-62(71-65(68)59-56-53-50-47-44-41-38-34-30-27-24-21-18-15-12-9-6-3)60-69-63(66)57-54-51-48-45-42-39-36-33-29-26-23-20-17-14-11-8-5-2/h16-22,25-27,29-30,36,38-39,41,45,47-48,50,62H,4-15,23-24,28,31-35,37,40,42-44,46,49,51-61H2,1-3H3/b19-16-,20-17-,21-18-,25-22-,29-26-,30-27-,39-36-,41-38-,48-45-,50-47-. The average Bonchev–Trinajstić information content (AvgIpc) is 3.37. The van der Waals surface area contributed by atoms with Crippen LogP contribution in [-0.4, -0.2) is 37.2 Å². The molecule has 0 aromatic rings. The zero-order valence-corrected chi connectivity index (χ0v) is 45.9. The molecule has 0 saturated carbocycles. The molecule has 0 amide bonds. The van der Waals surface area contributed by atoms with Gasteiger partial charge in [0.15, 0.2) is 6.10 Å². The molecule has 0 saturated heterocycles. The molecule has 1 unspecified atom stereocenters. The second-order valence-electron chi connectivity index (χ2n) is 18.9. The Morgan fingerprint density at radius 3 is 0.930 bits per heavy atom. The molecular weight excluding hydrogens is 877 g/mol. The summed E-state index contributed by atoms with van der Waals surface area (Å²) in [7, 11) is 0. The maximum absolute atomic E-state index is 12.8. The Morgan fingerprint density at radius 2 is 0.563 bits per heavy atom. The third-order valence-corrected chi connectivity index (χ3v) is 11.9. The van der Waals surface area contributed by atoms with E-state index in [1.807, 2.05) is 0 Å². The number of ether oxygens (including phenoxy) is 3. The summed E-state index contributed by atoms with van der Waals surface area (Å²) in [5.41, 5.74) is 0. The Balaban J connectivity index is 4.56. The molecule has 6 nitrogen and oxygen atoms in total. The summed E-state index contributed by atoms with van der Waals surface area (Å²) in [5, 5.41) is 0. The first kappa shape index (κ1) is 66.8. The lowest BCUT2D eigenvalue weighted by Gasteiger charge is -2.18. The number of hydrogen-bond acceptors (Lipinski definition) is 6. The third-order valence-electron chi connectivity index (χ3n) is 11.9. The van der Waals surface area contributed by atoms with Crippen molar-refractivity contribution in [2.24, 2.45) is 0 Å². The lowest BCUT2D eigenvalue weighted by molar-refractivity contribution is -0.167. The number of hydrogen-bond donors (Lipinski definition) is 0. The maximum atomic E-state index is 12.8. The van der Waals surface area contributed by atoms with E-state index in [1.54, 1.807) is 0 Å². The van der Waals surface area contributed by atoms with Crippen LogP contribution < -0.4 is 0 Å². The van der Waals surface area contributed by atoms with Crippen LogP contribution in [0.2, 0.25) is 0 Å². The highest BCUT2D eigenvalue weighted by Crippen LogP contribution is 2.14. The van der Waals surface area contributed by atoms with Crippen LogP contribution in [0, 0.1) is 0 Å².